The first-order valence-corrected chi connectivity index (χ1v) is 8.10. The molecular formula is C15H21N3OS. The normalized spacial score (nSPS) is 23.1. The molecular weight excluding hydrogens is 270 g/mol. The number of amides is 1. The fourth-order valence-corrected chi connectivity index (χ4v) is 4.00. The summed E-state index contributed by atoms with van der Waals surface area (Å²) in [6.45, 7) is 4.28. The first-order chi connectivity index (χ1) is 9.54. The molecule has 1 saturated carbocycles. The van der Waals surface area contributed by atoms with Crippen molar-refractivity contribution in [3.8, 4) is 0 Å². The zero-order chi connectivity index (χ0) is 14.3. The maximum Gasteiger partial charge on any atom is 0.261 e. The van der Waals surface area contributed by atoms with Gasteiger partial charge in [-0.1, -0.05) is 6.92 Å². The Morgan fingerprint density at radius 2 is 2.10 bits per heavy atom. The highest BCUT2D eigenvalue weighted by Gasteiger charge is 2.22. The largest absolute Gasteiger partial charge is 0.349 e. The Morgan fingerprint density at radius 1 is 1.40 bits per heavy atom. The van der Waals surface area contributed by atoms with Crippen LogP contribution in [0.3, 0.4) is 0 Å². The number of hydrogen-bond donors (Lipinski definition) is 1. The van der Waals surface area contributed by atoms with Crippen molar-refractivity contribution in [2.24, 2.45) is 13.0 Å². The number of carbonyl (C=O) groups excluding carboxylic acids is 1. The van der Waals surface area contributed by atoms with Crippen molar-refractivity contribution in [2.75, 3.05) is 0 Å². The molecule has 0 bridgehead atoms. The van der Waals surface area contributed by atoms with E-state index in [-0.39, 0.29) is 5.91 Å². The van der Waals surface area contributed by atoms with E-state index in [0.29, 0.717) is 6.04 Å². The summed E-state index contributed by atoms with van der Waals surface area (Å²) in [5.41, 5.74) is 0.990. The van der Waals surface area contributed by atoms with Crippen LogP contribution in [-0.2, 0) is 7.05 Å². The third-order valence-electron chi connectivity index (χ3n) is 4.27. The van der Waals surface area contributed by atoms with E-state index in [1.807, 2.05) is 24.7 Å². The second-order valence-corrected chi connectivity index (χ2v) is 7.00. The number of carbonyl (C=O) groups is 1. The van der Waals surface area contributed by atoms with Gasteiger partial charge in [0.15, 0.2) is 0 Å². The number of rotatable bonds is 2. The number of fused-ring (bicyclic) bond motifs is 1. The van der Waals surface area contributed by atoms with E-state index in [1.54, 1.807) is 0 Å². The van der Waals surface area contributed by atoms with Crippen LogP contribution in [0.2, 0.25) is 0 Å². The molecule has 0 saturated heterocycles. The minimum absolute atomic E-state index is 0.0742. The molecule has 2 heterocycles. The molecule has 1 aliphatic carbocycles. The minimum Gasteiger partial charge on any atom is -0.349 e. The smallest absolute Gasteiger partial charge is 0.261 e. The van der Waals surface area contributed by atoms with Gasteiger partial charge < -0.3 is 5.32 Å². The number of nitrogens with zero attached hydrogens (tertiary/aromatic N) is 2. The Kier molecular flexibility index (Phi) is 3.54. The Morgan fingerprint density at radius 3 is 2.75 bits per heavy atom. The molecule has 0 unspecified atom stereocenters. The Labute approximate surface area is 123 Å². The molecule has 0 atom stereocenters. The molecule has 1 amide bonds. The number of hydrogen-bond acceptors (Lipinski definition) is 3. The first kappa shape index (κ1) is 13.6. The standard InChI is InChI=1S/C15H21N3OS/c1-9-4-6-11(7-5-9)16-14(19)13-8-12-10(2)17-18(3)15(12)20-13/h8-9,11H,4-7H2,1-3H3,(H,16,19). The van der Waals surface area contributed by atoms with Crippen LogP contribution in [0.4, 0.5) is 0 Å². The van der Waals surface area contributed by atoms with Crippen LogP contribution in [0.25, 0.3) is 10.2 Å². The van der Waals surface area contributed by atoms with E-state index in [9.17, 15) is 4.79 Å². The zero-order valence-corrected chi connectivity index (χ0v) is 13.1. The molecule has 1 fully saturated rings. The molecule has 3 rings (SSSR count). The molecule has 2 aromatic rings. The summed E-state index contributed by atoms with van der Waals surface area (Å²) < 4.78 is 1.86. The molecule has 0 spiro atoms. The van der Waals surface area contributed by atoms with Crippen molar-refractivity contribution in [1.29, 1.82) is 0 Å². The lowest BCUT2D eigenvalue weighted by atomic mass is 9.87. The molecule has 2 aromatic heterocycles. The Bertz CT molecular complexity index is 600. The highest BCUT2D eigenvalue weighted by atomic mass is 32.1. The summed E-state index contributed by atoms with van der Waals surface area (Å²) in [7, 11) is 1.93. The second-order valence-electron chi connectivity index (χ2n) is 5.97. The van der Waals surface area contributed by atoms with Crippen molar-refractivity contribution in [3.63, 3.8) is 0 Å². The van der Waals surface area contributed by atoms with Gasteiger partial charge in [-0.3, -0.25) is 9.48 Å². The highest BCUT2D eigenvalue weighted by molar-refractivity contribution is 7.20. The van der Waals surface area contributed by atoms with Gasteiger partial charge >= 0.3 is 0 Å². The van der Waals surface area contributed by atoms with Gasteiger partial charge in [0.25, 0.3) is 5.91 Å². The van der Waals surface area contributed by atoms with E-state index in [0.717, 1.165) is 39.5 Å². The molecule has 1 aliphatic rings. The van der Waals surface area contributed by atoms with Crippen molar-refractivity contribution < 1.29 is 4.79 Å². The monoisotopic (exact) mass is 291 g/mol. The summed E-state index contributed by atoms with van der Waals surface area (Å²) in [5.74, 6) is 0.881. The Hall–Kier alpha value is -1.36. The lowest BCUT2D eigenvalue weighted by Gasteiger charge is -2.26. The molecule has 20 heavy (non-hydrogen) atoms. The van der Waals surface area contributed by atoms with Gasteiger partial charge in [-0.05, 0) is 44.6 Å². The van der Waals surface area contributed by atoms with Gasteiger partial charge in [0, 0.05) is 18.5 Å². The Balaban J connectivity index is 1.74. The predicted molar refractivity (Wildman–Crippen MR) is 82.2 cm³/mol. The average molecular weight is 291 g/mol. The van der Waals surface area contributed by atoms with Crippen molar-refractivity contribution in [2.45, 2.75) is 45.6 Å². The molecule has 5 heteroatoms. The fourth-order valence-electron chi connectivity index (χ4n) is 2.98. The van der Waals surface area contributed by atoms with Gasteiger partial charge in [0.1, 0.15) is 4.83 Å². The maximum absolute atomic E-state index is 12.4. The molecule has 108 valence electrons. The highest BCUT2D eigenvalue weighted by Crippen LogP contribution is 2.28. The van der Waals surface area contributed by atoms with Crippen molar-refractivity contribution in [3.05, 3.63) is 16.6 Å². The van der Waals surface area contributed by atoms with Crippen LogP contribution in [0.15, 0.2) is 6.07 Å². The van der Waals surface area contributed by atoms with Crippen LogP contribution in [-0.4, -0.2) is 21.7 Å². The van der Waals surface area contributed by atoms with Gasteiger partial charge in [-0.15, -0.1) is 11.3 Å². The van der Waals surface area contributed by atoms with E-state index in [1.165, 1.54) is 24.2 Å². The number of nitrogens with one attached hydrogen (secondary N) is 1. The second kappa shape index (κ2) is 5.20. The molecule has 0 radical (unpaired) electrons. The predicted octanol–water partition coefficient (Wildman–Crippen LogP) is 3.25. The maximum atomic E-state index is 12.4. The van der Waals surface area contributed by atoms with E-state index in [2.05, 4.69) is 17.3 Å². The van der Waals surface area contributed by atoms with Crippen LogP contribution in [0, 0.1) is 12.8 Å². The number of thiophene rings is 1. The van der Waals surface area contributed by atoms with E-state index in [4.69, 9.17) is 0 Å². The van der Waals surface area contributed by atoms with Gasteiger partial charge in [0.2, 0.25) is 0 Å². The first-order valence-electron chi connectivity index (χ1n) is 7.28. The van der Waals surface area contributed by atoms with Crippen LogP contribution in [0.1, 0.15) is 48.0 Å². The molecule has 0 aliphatic heterocycles. The van der Waals surface area contributed by atoms with Crippen molar-refractivity contribution >= 4 is 27.5 Å². The van der Waals surface area contributed by atoms with Gasteiger partial charge in [-0.2, -0.15) is 5.10 Å². The van der Waals surface area contributed by atoms with Crippen LogP contribution >= 0.6 is 11.3 Å². The van der Waals surface area contributed by atoms with E-state index >= 15 is 0 Å². The quantitative estimate of drug-likeness (QED) is 0.923. The summed E-state index contributed by atoms with van der Waals surface area (Å²) in [6.07, 6.45) is 4.66. The van der Waals surface area contributed by atoms with Crippen molar-refractivity contribution in [1.82, 2.24) is 15.1 Å². The molecule has 0 aromatic carbocycles. The zero-order valence-electron chi connectivity index (χ0n) is 12.3. The van der Waals surface area contributed by atoms with Crippen LogP contribution in [0.5, 0.6) is 0 Å². The summed E-state index contributed by atoms with van der Waals surface area (Å²) in [6, 6.07) is 2.33. The van der Waals surface area contributed by atoms with Gasteiger partial charge in [0.05, 0.1) is 10.6 Å². The third-order valence-corrected chi connectivity index (χ3v) is 5.47. The fraction of sp³-hybridized carbons (Fsp3) is 0.600. The SMILES string of the molecule is Cc1nn(C)c2sc(C(=O)NC3CCC(C)CC3)cc12. The summed E-state index contributed by atoms with van der Waals surface area (Å²) >= 11 is 1.53. The van der Waals surface area contributed by atoms with E-state index < -0.39 is 0 Å². The van der Waals surface area contributed by atoms with Crippen LogP contribution < -0.4 is 5.32 Å². The third kappa shape index (κ3) is 2.46. The van der Waals surface area contributed by atoms with Gasteiger partial charge in [-0.25, -0.2) is 0 Å². The summed E-state index contributed by atoms with van der Waals surface area (Å²) in [5, 5.41) is 8.65. The molecule has 1 N–H and O–H groups in total. The molecule has 4 nitrogen and oxygen atoms in total. The summed E-state index contributed by atoms with van der Waals surface area (Å²) in [4.78, 5) is 14.2. The minimum atomic E-state index is 0.0742. The number of aromatic nitrogens is 2. The average Bonchev–Trinajstić information content (AvgIpc) is 2.95. The lowest BCUT2D eigenvalue weighted by molar-refractivity contribution is 0.0927. The lowest BCUT2D eigenvalue weighted by Crippen LogP contribution is -2.36. The number of aryl methyl sites for hydroxylation is 2. The topological polar surface area (TPSA) is 46.9 Å².